The third-order valence-corrected chi connectivity index (χ3v) is 0.556. The van der Waals surface area contributed by atoms with Crippen molar-refractivity contribution >= 4 is 9.69 Å². The first kappa shape index (κ1) is 17.5. The van der Waals surface area contributed by atoms with Crippen molar-refractivity contribution in [1.29, 1.82) is 0 Å². The summed E-state index contributed by atoms with van der Waals surface area (Å²) in [5, 5.41) is 0. The molecule has 0 aromatic rings. The first-order valence-corrected chi connectivity index (χ1v) is 4.45. The Kier molecular flexibility index (Phi) is 50.1. The Morgan fingerprint density at radius 2 is 0.818 bits per heavy atom. The fourth-order valence-corrected chi connectivity index (χ4v) is 0.321. The van der Waals surface area contributed by atoms with E-state index in [4.69, 9.17) is 9.30 Å². The van der Waals surface area contributed by atoms with Crippen molar-refractivity contribution in [3.05, 3.63) is 45.4 Å². The molecule has 2 nitrogen and oxygen atoms in total. The summed E-state index contributed by atoms with van der Waals surface area (Å²) in [7, 11) is 4.57. The average Bonchev–Trinajstić information content (AvgIpc) is 2.71. The van der Waals surface area contributed by atoms with E-state index < -0.39 is 0 Å². The van der Waals surface area contributed by atoms with Gasteiger partial charge in [0.2, 0.25) is 0 Å². The van der Waals surface area contributed by atoms with E-state index in [1.54, 1.807) is 0 Å². The van der Waals surface area contributed by atoms with Crippen LogP contribution in [-0.2, 0) is 26.6 Å². The van der Waals surface area contributed by atoms with Crippen LogP contribution in [0.5, 0.6) is 0 Å². The van der Waals surface area contributed by atoms with Gasteiger partial charge in [-0.1, -0.05) is 0 Å². The molecule has 1 aliphatic carbocycles. The molecule has 0 aliphatic heterocycles. The van der Waals surface area contributed by atoms with Crippen LogP contribution in [-0.4, -0.2) is 0 Å². The van der Waals surface area contributed by atoms with Crippen molar-refractivity contribution in [2.45, 2.75) is 0 Å². The van der Waals surface area contributed by atoms with Crippen LogP contribution in [0.25, 0.3) is 0 Å². The van der Waals surface area contributed by atoms with Gasteiger partial charge in [-0.25, -0.2) is 0 Å². The van der Waals surface area contributed by atoms with Crippen LogP contribution in [0.1, 0.15) is 0 Å². The molecule has 11 heavy (non-hydrogen) atoms. The van der Waals surface area contributed by atoms with E-state index in [9.17, 15) is 0 Å². The summed E-state index contributed by atoms with van der Waals surface area (Å²) < 4.78 is 15.0. The molecular weight excluding hydrogens is 253 g/mol. The molecule has 0 atom stereocenters. The molecule has 0 amide bonds. The Labute approximate surface area is 81.8 Å². The van der Waals surface area contributed by atoms with E-state index in [0.717, 1.165) is 0 Å². The minimum atomic E-state index is 1.82. The van der Waals surface area contributed by atoms with Gasteiger partial charge in [-0.15, -0.1) is 0 Å². The van der Waals surface area contributed by atoms with Crippen LogP contribution >= 0.6 is 9.69 Å². The second-order valence-electron chi connectivity index (χ2n) is 0.962. The molecule has 0 aromatic carbocycles. The summed E-state index contributed by atoms with van der Waals surface area (Å²) in [6, 6.07) is 0. The zero-order valence-corrected chi connectivity index (χ0v) is 7.93. The topological polar surface area (TPSA) is 39.8 Å². The predicted octanol–water partition coefficient (Wildman–Crippen LogP) is 1.63. The maximum atomic E-state index is 7.50. The van der Waals surface area contributed by atoms with E-state index in [1.165, 1.54) is 0 Å². The van der Waals surface area contributed by atoms with Gasteiger partial charge >= 0.3 is 49.6 Å². The Morgan fingerprint density at radius 1 is 0.727 bits per heavy atom. The molecule has 0 saturated heterocycles. The molecule has 1 saturated carbocycles. The van der Waals surface area contributed by atoms with Crippen molar-refractivity contribution in [3.63, 3.8) is 0 Å². The van der Waals surface area contributed by atoms with E-state index in [2.05, 4.69) is 23.0 Å². The minimum absolute atomic E-state index is 1.82. The summed E-state index contributed by atoms with van der Waals surface area (Å²) in [4.78, 5) is 0. The van der Waals surface area contributed by atoms with Crippen LogP contribution in [0.4, 0.5) is 0 Å². The molecule has 59 valence electrons. The third kappa shape index (κ3) is 25.2. The van der Waals surface area contributed by atoms with Crippen molar-refractivity contribution in [2.24, 2.45) is 0 Å². The standard InChI is InChI=1S/C5H5.2CO.ClH.Ru/c1-2-4-5-3-1;2*1-2;;/h1-5H;;;1H;/q;;;;+2/p-1. The SMILES string of the molecule is [C-]#[O+].[C-]#[O+].[CH]1[CH][CH][CH][CH]1.[Cl][Ru+]. The molecular formula is C7H5ClO2Ru+. The van der Waals surface area contributed by atoms with Crippen molar-refractivity contribution in [1.82, 2.24) is 0 Å². The number of hydrogen-bond donors (Lipinski definition) is 0. The molecule has 1 rings (SSSR count). The predicted molar refractivity (Wildman–Crippen MR) is 35.2 cm³/mol. The van der Waals surface area contributed by atoms with Gasteiger partial charge in [0, 0.05) is 0 Å². The molecule has 0 heterocycles. The quantitative estimate of drug-likeness (QED) is 0.360. The van der Waals surface area contributed by atoms with Crippen LogP contribution in [0.3, 0.4) is 0 Å². The van der Waals surface area contributed by atoms with Gasteiger partial charge in [0.05, 0.1) is 0 Å². The van der Waals surface area contributed by atoms with Gasteiger partial charge in [0.15, 0.2) is 0 Å². The third-order valence-electron chi connectivity index (χ3n) is 0.556. The Balaban J connectivity index is -0.0000000933. The van der Waals surface area contributed by atoms with Gasteiger partial charge < -0.3 is 0 Å². The van der Waals surface area contributed by atoms with Crippen LogP contribution in [0.2, 0.25) is 0 Å². The summed E-state index contributed by atoms with van der Waals surface area (Å²) in [6.45, 7) is 9.00. The van der Waals surface area contributed by atoms with Crippen molar-refractivity contribution in [3.8, 4) is 0 Å². The fraction of sp³-hybridized carbons (Fsp3) is 0. The number of rotatable bonds is 0. The normalized spacial score (nSPS) is 11.8. The first-order valence-electron chi connectivity index (χ1n) is 2.21. The molecule has 0 spiro atoms. The van der Waals surface area contributed by atoms with Crippen molar-refractivity contribution in [2.75, 3.05) is 0 Å². The Morgan fingerprint density at radius 3 is 0.909 bits per heavy atom. The zero-order chi connectivity index (χ0) is 9.54. The monoisotopic (exact) mass is 258 g/mol. The van der Waals surface area contributed by atoms with E-state index in [0.29, 0.717) is 0 Å². The van der Waals surface area contributed by atoms with Gasteiger partial charge in [0.1, 0.15) is 0 Å². The van der Waals surface area contributed by atoms with E-state index >= 15 is 0 Å². The first-order chi connectivity index (χ1) is 5.50. The second kappa shape index (κ2) is 31.5. The molecule has 0 N–H and O–H groups in total. The van der Waals surface area contributed by atoms with Crippen LogP contribution in [0.15, 0.2) is 0 Å². The maximum absolute atomic E-state index is 7.50. The van der Waals surface area contributed by atoms with E-state index in [-0.39, 0.29) is 0 Å². The van der Waals surface area contributed by atoms with Crippen molar-refractivity contribution < 1.29 is 26.6 Å². The molecule has 0 unspecified atom stereocenters. The van der Waals surface area contributed by atoms with Gasteiger partial charge in [-0.2, -0.15) is 0 Å². The fourth-order valence-electron chi connectivity index (χ4n) is 0.321. The molecule has 5 radical (unpaired) electrons. The molecule has 1 aliphatic rings. The Hall–Kier alpha value is 0.393. The summed E-state index contributed by atoms with van der Waals surface area (Å²) >= 11 is 1.82. The molecule has 0 bridgehead atoms. The summed E-state index contributed by atoms with van der Waals surface area (Å²) in [6.07, 6.45) is 10.0. The number of halogens is 1. The van der Waals surface area contributed by atoms with E-state index in [1.807, 2.05) is 49.4 Å². The van der Waals surface area contributed by atoms with Crippen LogP contribution < -0.4 is 0 Å². The van der Waals surface area contributed by atoms with Gasteiger partial charge in [0.25, 0.3) is 0 Å². The molecule has 1 fully saturated rings. The van der Waals surface area contributed by atoms with Crippen LogP contribution in [0, 0.1) is 45.4 Å². The zero-order valence-electron chi connectivity index (χ0n) is 5.43. The van der Waals surface area contributed by atoms with Gasteiger partial charge in [-0.3, -0.25) is 0 Å². The Bertz CT molecular complexity index is 65.4. The molecule has 4 heteroatoms. The summed E-state index contributed by atoms with van der Waals surface area (Å²) in [5.74, 6) is 0. The van der Waals surface area contributed by atoms with Gasteiger partial charge in [-0.05, 0) is 32.1 Å². The molecule has 0 aromatic heterocycles. The summed E-state index contributed by atoms with van der Waals surface area (Å²) in [5.41, 5.74) is 0. The second-order valence-corrected chi connectivity index (χ2v) is 0.962. The number of hydrogen-bond acceptors (Lipinski definition) is 0. The average molecular weight is 258 g/mol.